The summed E-state index contributed by atoms with van der Waals surface area (Å²) in [6.45, 7) is 4.00. The fraction of sp³-hybridized carbons (Fsp3) is 0.176. The lowest BCUT2D eigenvalue weighted by Gasteiger charge is -2.13. The van der Waals surface area contributed by atoms with Crippen molar-refractivity contribution in [2.75, 3.05) is 0 Å². The van der Waals surface area contributed by atoms with Crippen LogP contribution in [0.15, 0.2) is 48.5 Å². The molecule has 0 aliphatic carbocycles. The molecule has 1 unspecified atom stereocenters. The smallest absolute Gasteiger partial charge is 0.321 e. The van der Waals surface area contributed by atoms with Crippen LogP contribution in [0.2, 0.25) is 5.02 Å². The SMILES string of the molecule is CC.NC(=O)SC(C(=O)O)c1ccc(-c2ccccc2)cc1Cl. The molecule has 0 fully saturated rings. The van der Waals surface area contributed by atoms with Crippen LogP contribution in [-0.2, 0) is 4.79 Å². The Kier molecular flexibility index (Phi) is 7.65. The lowest BCUT2D eigenvalue weighted by Crippen LogP contribution is -2.14. The van der Waals surface area contributed by atoms with Crippen molar-refractivity contribution in [2.24, 2.45) is 5.73 Å². The van der Waals surface area contributed by atoms with E-state index in [2.05, 4.69) is 0 Å². The van der Waals surface area contributed by atoms with E-state index in [4.69, 9.17) is 17.3 Å². The number of carbonyl (C=O) groups excluding carboxylic acids is 1. The van der Waals surface area contributed by atoms with Crippen molar-refractivity contribution in [2.45, 2.75) is 19.1 Å². The second kappa shape index (κ2) is 9.22. The third-order valence-corrected chi connectivity index (χ3v) is 4.10. The quantitative estimate of drug-likeness (QED) is 0.814. The molecule has 2 aromatic carbocycles. The lowest BCUT2D eigenvalue weighted by atomic mass is 10.0. The minimum atomic E-state index is -1.16. The average Bonchev–Trinajstić information content (AvgIpc) is 2.55. The maximum absolute atomic E-state index is 11.3. The average molecular weight is 352 g/mol. The van der Waals surface area contributed by atoms with Crippen molar-refractivity contribution >= 4 is 34.6 Å². The number of benzene rings is 2. The largest absolute Gasteiger partial charge is 0.480 e. The van der Waals surface area contributed by atoms with Gasteiger partial charge in [0.05, 0.1) is 0 Å². The molecule has 2 aromatic rings. The number of carbonyl (C=O) groups is 2. The van der Waals surface area contributed by atoms with E-state index in [1.807, 2.05) is 44.2 Å². The molecule has 0 heterocycles. The minimum absolute atomic E-state index is 0.289. The molecular weight excluding hydrogens is 334 g/mol. The number of carboxylic acids is 1. The molecular formula is C17H18ClNO3S. The normalized spacial score (nSPS) is 11.1. The van der Waals surface area contributed by atoms with Gasteiger partial charge >= 0.3 is 5.97 Å². The summed E-state index contributed by atoms with van der Waals surface area (Å²) in [6.07, 6.45) is 0. The van der Waals surface area contributed by atoms with Crippen molar-refractivity contribution in [1.29, 1.82) is 0 Å². The zero-order valence-electron chi connectivity index (χ0n) is 12.8. The third kappa shape index (κ3) is 5.30. The van der Waals surface area contributed by atoms with Gasteiger partial charge in [-0.3, -0.25) is 9.59 Å². The number of carboxylic acid groups (broad SMARTS) is 1. The Morgan fingerprint density at radius 2 is 1.70 bits per heavy atom. The highest BCUT2D eigenvalue weighted by molar-refractivity contribution is 8.14. The molecule has 4 nitrogen and oxygen atoms in total. The van der Waals surface area contributed by atoms with Gasteiger partial charge in [0.15, 0.2) is 0 Å². The predicted molar refractivity (Wildman–Crippen MR) is 95.8 cm³/mol. The topological polar surface area (TPSA) is 80.4 Å². The first kappa shape index (κ1) is 19.1. The first-order valence-corrected chi connectivity index (χ1v) is 8.28. The highest BCUT2D eigenvalue weighted by Gasteiger charge is 2.25. The van der Waals surface area contributed by atoms with Crippen molar-refractivity contribution < 1.29 is 14.7 Å². The van der Waals surface area contributed by atoms with Gasteiger partial charge < -0.3 is 10.8 Å². The van der Waals surface area contributed by atoms with Crippen LogP contribution in [-0.4, -0.2) is 16.3 Å². The fourth-order valence-electron chi connectivity index (χ4n) is 1.91. The standard InChI is InChI=1S/C15H12ClNO3S.C2H6/c16-12-8-10(9-4-2-1-3-5-9)6-7-11(12)13(14(18)19)21-15(17)20;1-2/h1-8,13H,(H2,17,20)(H,18,19);1-2H3. The van der Waals surface area contributed by atoms with E-state index in [-0.39, 0.29) is 5.02 Å². The second-order valence-corrected chi connectivity index (χ2v) is 5.77. The lowest BCUT2D eigenvalue weighted by molar-refractivity contribution is -0.136. The maximum atomic E-state index is 11.3. The minimum Gasteiger partial charge on any atom is -0.480 e. The number of amides is 1. The van der Waals surface area contributed by atoms with E-state index in [9.17, 15) is 14.7 Å². The molecule has 0 bridgehead atoms. The van der Waals surface area contributed by atoms with E-state index in [1.54, 1.807) is 18.2 Å². The summed E-state index contributed by atoms with van der Waals surface area (Å²) in [5.41, 5.74) is 7.26. The van der Waals surface area contributed by atoms with Crippen LogP contribution in [0.5, 0.6) is 0 Å². The number of rotatable bonds is 4. The summed E-state index contributed by atoms with van der Waals surface area (Å²) in [7, 11) is 0. The summed E-state index contributed by atoms with van der Waals surface area (Å²) < 4.78 is 0. The molecule has 1 amide bonds. The van der Waals surface area contributed by atoms with Gasteiger partial charge in [-0.2, -0.15) is 0 Å². The Hall–Kier alpha value is -1.98. The van der Waals surface area contributed by atoms with Crippen LogP contribution in [0.1, 0.15) is 24.7 Å². The molecule has 0 saturated carbocycles. The molecule has 2 rings (SSSR count). The van der Waals surface area contributed by atoms with Gasteiger partial charge in [0, 0.05) is 5.02 Å². The van der Waals surface area contributed by atoms with Gasteiger partial charge in [0.2, 0.25) is 0 Å². The van der Waals surface area contributed by atoms with Gasteiger partial charge in [-0.25, -0.2) is 0 Å². The molecule has 0 radical (unpaired) electrons. The fourth-order valence-corrected chi connectivity index (χ4v) is 2.93. The molecule has 23 heavy (non-hydrogen) atoms. The molecule has 0 spiro atoms. The summed E-state index contributed by atoms with van der Waals surface area (Å²) in [4.78, 5) is 22.2. The molecule has 6 heteroatoms. The van der Waals surface area contributed by atoms with Gasteiger partial charge in [0.25, 0.3) is 5.24 Å². The number of hydrogen-bond donors (Lipinski definition) is 2. The number of thioether (sulfide) groups is 1. The maximum Gasteiger partial charge on any atom is 0.321 e. The van der Waals surface area contributed by atoms with Crippen molar-refractivity contribution in [3.8, 4) is 11.1 Å². The van der Waals surface area contributed by atoms with Gasteiger partial charge in [-0.15, -0.1) is 0 Å². The Labute approximate surface area is 144 Å². The van der Waals surface area contributed by atoms with E-state index >= 15 is 0 Å². The predicted octanol–water partition coefficient (Wildman–Crippen LogP) is 4.97. The van der Waals surface area contributed by atoms with E-state index in [0.717, 1.165) is 11.1 Å². The van der Waals surface area contributed by atoms with Crippen molar-refractivity contribution in [3.63, 3.8) is 0 Å². The summed E-state index contributed by atoms with van der Waals surface area (Å²) in [6, 6.07) is 14.6. The summed E-state index contributed by atoms with van der Waals surface area (Å²) in [5.74, 6) is -1.16. The van der Waals surface area contributed by atoms with Gasteiger partial charge in [0.1, 0.15) is 5.25 Å². The van der Waals surface area contributed by atoms with Crippen LogP contribution in [0, 0.1) is 0 Å². The van der Waals surface area contributed by atoms with Gasteiger partial charge in [-0.05, 0) is 34.5 Å². The monoisotopic (exact) mass is 351 g/mol. The number of halogens is 1. The highest BCUT2D eigenvalue weighted by Crippen LogP contribution is 2.36. The second-order valence-electron chi connectivity index (χ2n) is 4.26. The Morgan fingerprint density at radius 1 is 1.09 bits per heavy atom. The number of hydrogen-bond acceptors (Lipinski definition) is 3. The molecule has 0 saturated heterocycles. The molecule has 0 aromatic heterocycles. The van der Waals surface area contributed by atoms with Gasteiger partial charge in [-0.1, -0.05) is 67.9 Å². The summed E-state index contributed by atoms with van der Waals surface area (Å²) >= 11 is 6.70. The molecule has 0 aliphatic heterocycles. The van der Waals surface area contributed by atoms with Crippen molar-refractivity contribution in [3.05, 3.63) is 59.1 Å². The molecule has 1 atom stereocenters. The zero-order valence-corrected chi connectivity index (χ0v) is 14.4. The van der Waals surface area contributed by atoms with Crippen LogP contribution in [0.25, 0.3) is 11.1 Å². The Bertz CT molecular complexity index is 677. The Balaban J connectivity index is 0.00000127. The first-order chi connectivity index (χ1) is 11.0. The number of nitrogens with two attached hydrogens (primary N) is 1. The van der Waals surface area contributed by atoms with E-state index in [0.29, 0.717) is 17.3 Å². The zero-order chi connectivity index (χ0) is 17.4. The molecule has 122 valence electrons. The number of primary amides is 1. The Morgan fingerprint density at radius 3 is 2.17 bits per heavy atom. The van der Waals surface area contributed by atoms with Crippen LogP contribution >= 0.6 is 23.4 Å². The van der Waals surface area contributed by atoms with Crippen LogP contribution in [0.4, 0.5) is 4.79 Å². The van der Waals surface area contributed by atoms with E-state index in [1.165, 1.54) is 0 Å². The summed E-state index contributed by atoms with van der Waals surface area (Å²) in [5, 5.41) is 7.62. The number of aliphatic carboxylic acids is 1. The third-order valence-electron chi connectivity index (χ3n) is 2.85. The first-order valence-electron chi connectivity index (χ1n) is 7.03. The highest BCUT2D eigenvalue weighted by atomic mass is 35.5. The van der Waals surface area contributed by atoms with Crippen LogP contribution < -0.4 is 5.73 Å². The van der Waals surface area contributed by atoms with Crippen molar-refractivity contribution in [1.82, 2.24) is 0 Å². The molecule has 3 N–H and O–H groups in total. The van der Waals surface area contributed by atoms with E-state index < -0.39 is 16.5 Å². The molecule has 0 aliphatic rings. The van der Waals surface area contributed by atoms with Crippen LogP contribution in [0.3, 0.4) is 0 Å².